The molecule has 0 amide bonds. The Balaban J connectivity index is 1.54. The number of methoxy groups -OCH3 is 1. The van der Waals surface area contributed by atoms with E-state index in [-0.39, 0.29) is 24.7 Å². The summed E-state index contributed by atoms with van der Waals surface area (Å²) in [5, 5.41) is 12.0. The highest BCUT2D eigenvalue weighted by Gasteiger charge is 2.23. The minimum absolute atomic E-state index is 0.0708. The Hall–Kier alpha value is -3.36. The van der Waals surface area contributed by atoms with Crippen molar-refractivity contribution in [2.45, 2.75) is 26.3 Å². The summed E-state index contributed by atoms with van der Waals surface area (Å²) in [6, 6.07) is 13.6. The SMILES string of the molecule is COCCOC(=O)CCc1cc2c(C)cc(=O)oc2c(CN2CCN(c3ccccc3)CC2)c1O. The van der Waals surface area contributed by atoms with Gasteiger partial charge >= 0.3 is 11.6 Å². The van der Waals surface area contributed by atoms with Crippen LogP contribution in [0.5, 0.6) is 5.75 Å². The second-order valence-corrected chi connectivity index (χ2v) is 8.80. The van der Waals surface area contributed by atoms with E-state index in [9.17, 15) is 14.7 Å². The predicted octanol–water partition coefficient (Wildman–Crippen LogP) is 3.25. The van der Waals surface area contributed by atoms with Crippen LogP contribution in [-0.2, 0) is 27.2 Å². The molecule has 2 aromatic carbocycles. The maximum Gasteiger partial charge on any atom is 0.336 e. The van der Waals surface area contributed by atoms with Crippen LogP contribution in [0.2, 0.25) is 0 Å². The molecule has 1 fully saturated rings. The van der Waals surface area contributed by atoms with Crippen molar-refractivity contribution in [1.29, 1.82) is 0 Å². The number of nitrogens with zero attached hydrogens (tertiary/aromatic N) is 2. The number of aromatic hydroxyl groups is 1. The number of rotatable bonds is 9. The molecular weight excluding hydrogens is 448 g/mol. The lowest BCUT2D eigenvalue weighted by atomic mass is 9.98. The van der Waals surface area contributed by atoms with Crippen molar-refractivity contribution < 1.29 is 23.8 Å². The summed E-state index contributed by atoms with van der Waals surface area (Å²) in [6.45, 7) is 6.17. The van der Waals surface area contributed by atoms with Crippen LogP contribution in [-0.4, -0.2) is 62.5 Å². The lowest BCUT2D eigenvalue weighted by molar-refractivity contribution is -0.144. The molecule has 0 atom stereocenters. The van der Waals surface area contributed by atoms with Gasteiger partial charge in [0, 0.05) is 63.4 Å². The average Bonchev–Trinajstić information content (AvgIpc) is 2.86. The molecule has 0 aliphatic carbocycles. The van der Waals surface area contributed by atoms with E-state index < -0.39 is 5.63 Å². The Labute approximate surface area is 204 Å². The van der Waals surface area contributed by atoms with Gasteiger partial charge in [0.05, 0.1) is 12.2 Å². The topological polar surface area (TPSA) is 92.5 Å². The van der Waals surface area contributed by atoms with Gasteiger partial charge in [-0.1, -0.05) is 18.2 Å². The van der Waals surface area contributed by atoms with Gasteiger partial charge in [0.2, 0.25) is 0 Å². The molecule has 1 N–H and O–H groups in total. The average molecular weight is 481 g/mol. The standard InChI is InChI=1S/C27H32N2O6/c1-19-16-25(31)35-27-22(19)17-20(8-9-24(30)34-15-14-33-2)26(32)23(27)18-28-10-12-29(13-11-28)21-6-4-3-5-7-21/h3-7,16-17,32H,8-15,18H2,1-2H3. The Kier molecular flexibility index (Phi) is 8.05. The fraction of sp³-hybridized carbons (Fsp3) is 0.407. The first-order chi connectivity index (χ1) is 17.0. The molecule has 1 aliphatic heterocycles. The molecule has 1 aromatic heterocycles. The lowest BCUT2D eigenvalue weighted by Gasteiger charge is -2.36. The van der Waals surface area contributed by atoms with Gasteiger partial charge in [0.25, 0.3) is 0 Å². The number of ether oxygens (including phenoxy) is 2. The Morgan fingerprint density at radius 2 is 1.83 bits per heavy atom. The van der Waals surface area contributed by atoms with E-state index in [4.69, 9.17) is 13.9 Å². The maximum atomic E-state index is 12.1. The van der Waals surface area contributed by atoms with Crippen LogP contribution in [0.25, 0.3) is 11.0 Å². The summed E-state index contributed by atoms with van der Waals surface area (Å²) in [5.41, 5.74) is 3.15. The van der Waals surface area contributed by atoms with Gasteiger partial charge in [0.15, 0.2) is 0 Å². The number of piperazine rings is 1. The molecule has 3 aromatic rings. The maximum absolute atomic E-state index is 12.1. The summed E-state index contributed by atoms with van der Waals surface area (Å²) in [5.74, 6) is -0.280. The van der Waals surface area contributed by atoms with Crippen LogP contribution in [0, 0.1) is 6.92 Å². The Morgan fingerprint density at radius 1 is 1.09 bits per heavy atom. The van der Waals surface area contributed by atoms with E-state index in [0.29, 0.717) is 36.3 Å². The molecular formula is C27H32N2O6. The zero-order chi connectivity index (χ0) is 24.8. The number of aryl methyl sites for hydroxylation is 2. The first-order valence-electron chi connectivity index (χ1n) is 11.9. The van der Waals surface area contributed by atoms with E-state index in [0.717, 1.165) is 37.1 Å². The summed E-state index contributed by atoms with van der Waals surface area (Å²) in [7, 11) is 1.55. The number of benzene rings is 2. The number of anilines is 1. The lowest BCUT2D eigenvalue weighted by Crippen LogP contribution is -2.46. The van der Waals surface area contributed by atoms with Crippen molar-refractivity contribution in [3.8, 4) is 5.75 Å². The monoisotopic (exact) mass is 480 g/mol. The van der Waals surface area contributed by atoms with E-state index in [1.165, 1.54) is 11.8 Å². The molecule has 1 saturated heterocycles. The van der Waals surface area contributed by atoms with E-state index in [2.05, 4.69) is 21.9 Å². The Morgan fingerprint density at radius 3 is 2.54 bits per heavy atom. The van der Waals surface area contributed by atoms with E-state index >= 15 is 0 Å². The molecule has 0 spiro atoms. The zero-order valence-corrected chi connectivity index (χ0v) is 20.3. The molecule has 8 heteroatoms. The van der Waals surface area contributed by atoms with Gasteiger partial charge in [-0.05, 0) is 42.7 Å². The number of hydrogen-bond acceptors (Lipinski definition) is 8. The first kappa shape index (κ1) is 24.8. The molecule has 0 unspecified atom stereocenters. The van der Waals surface area contributed by atoms with E-state index in [1.807, 2.05) is 31.2 Å². The van der Waals surface area contributed by atoms with Gasteiger partial charge in [-0.25, -0.2) is 4.79 Å². The van der Waals surface area contributed by atoms with Gasteiger partial charge in [-0.2, -0.15) is 0 Å². The molecule has 4 rings (SSSR count). The molecule has 0 radical (unpaired) electrons. The number of para-hydroxylation sites is 1. The highest BCUT2D eigenvalue weighted by Crippen LogP contribution is 2.34. The number of carbonyl (C=O) groups excluding carboxylic acids is 1. The third-order valence-corrected chi connectivity index (χ3v) is 6.41. The summed E-state index contributed by atoms with van der Waals surface area (Å²) >= 11 is 0. The molecule has 1 aliphatic rings. The minimum atomic E-state index is -0.445. The number of hydrogen-bond donors (Lipinski definition) is 1. The van der Waals surface area contributed by atoms with Gasteiger partial charge < -0.3 is 23.9 Å². The normalized spacial score (nSPS) is 14.4. The highest BCUT2D eigenvalue weighted by molar-refractivity contribution is 5.86. The van der Waals surface area contributed by atoms with Crippen LogP contribution in [0.3, 0.4) is 0 Å². The summed E-state index contributed by atoms with van der Waals surface area (Å²) in [4.78, 5) is 28.8. The molecule has 0 saturated carbocycles. The Bertz CT molecular complexity index is 1220. The van der Waals surface area contributed by atoms with Crippen LogP contribution in [0.15, 0.2) is 51.7 Å². The molecule has 2 heterocycles. The van der Waals surface area contributed by atoms with Gasteiger partial charge in [-0.3, -0.25) is 9.69 Å². The molecule has 35 heavy (non-hydrogen) atoms. The summed E-state index contributed by atoms with van der Waals surface area (Å²) in [6.07, 6.45) is 0.453. The number of fused-ring (bicyclic) bond motifs is 1. The first-order valence-corrected chi connectivity index (χ1v) is 11.9. The smallest absolute Gasteiger partial charge is 0.336 e. The fourth-order valence-corrected chi connectivity index (χ4v) is 4.48. The van der Waals surface area contributed by atoms with Crippen molar-refractivity contribution in [3.05, 3.63) is 69.6 Å². The number of phenols is 1. The minimum Gasteiger partial charge on any atom is -0.507 e. The zero-order valence-electron chi connectivity index (χ0n) is 20.3. The predicted molar refractivity (Wildman–Crippen MR) is 134 cm³/mol. The van der Waals surface area contributed by atoms with Gasteiger partial charge in [-0.15, -0.1) is 0 Å². The van der Waals surface area contributed by atoms with Crippen LogP contribution < -0.4 is 10.5 Å². The largest absolute Gasteiger partial charge is 0.507 e. The van der Waals surface area contributed by atoms with E-state index in [1.54, 1.807) is 7.11 Å². The van der Waals surface area contributed by atoms with Crippen molar-refractivity contribution in [3.63, 3.8) is 0 Å². The van der Waals surface area contributed by atoms with Crippen LogP contribution in [0.1, 0.15) is 23.1 Å². The third kappa shape index (κ3) is 6.01. The van der Waals surface area contributed by atoms with Crippen molar-refractivity contribution in [2.24, 2.45) is 0 Å². The number of phenolic OH excluding ortho intramolecular Hbond substituents is 1. The van der Waals surface area contributed by atoms with Gasteiger partial charge in [0.1, 0.15) is 17.9 Å². The third-order valence-electron chi connectivity index (χ3n) is 6.41. The number of esters is 1. The second kappa shape index (κ2) is 11.4. The van der Waals surface area contributed by atoms with Crippen LogP contribution in [0.4, 0.5) is 5.69 Å². The van der Waals surface area contributed by atoms with Crippen molar-refractivity contribution >= 4 is 22.6 Å². The van der Waals surface area contributed by atoms with Crippen molar-refractivity contribution in [2.75, 3.05) is 51.4 Å². The fourth-order valence-electron chi connectivity index (χ4n) is 4.48. The second-order valence-electron chi connectivity index (χ2n) is 8.80. The van der Waals surface area contributed by atoms with Crippen LogP contribution >= 0.6 is 0 Å². The highest BCUT2D eigenvalue weighted by atomic mass is 16.6. The number of carbonyl (C=O) groups is 1. The quantitative estimate of drug-likeness (QED) is 0.284. The molecule has 186 valence electrons. The summed E-state index contributed by atoms with van der Waals surface area (Å²) < 4.78 is 15.6. The molecule has 0 bridgehead atoms. The van der Waals surface area contributed by atoms with Crippen molar-refractivity contribution in [1.82, 2.24) is 4.90 Å². The molecule has 8 nitrogen and oxygen atoms in total.